The Morgan fingerprint density at radius 1 is 0.958 bits per heavy atom. The average molecular weight is 325 g/mol. The number of fused-ring (bicyclic) bond motifs is 1. The molecule has 2 aliphatic rings. The predicted molar refractivity (Wildman–Crippen MR) is 94.0 cm³/mol. The molecule has 1 fully saturated rings. The van der Waals surface area contributed by atoms with Crippen LogP contribution in [0.3, 0.4) is 0 Å². The zero-order chi connectivity index (χ0) is 16.2. The Morgan fingerprint density at radius 3 is 2.62 bits per heavy atom. The molecule has 2 aromatic rings. The first-order valence-electron chi connectivity index (χ1n) is 9.45. The largest absolute Gasteiger partial charge is 0.381 e. The molecule has 0 N–H and O–H groups in total. The molecule has 1 aromatic carbocycles. The predicted octanol–water partition coefficient (Wildman–Crippen LogP) is 3.76. The second-order valence-corrected chi connectivity index (χ2v) is 7.16. The standard InChI is InChI=1S/C20H27N3O/c1-2-6-16(7-3-1)9-10-19-21-22-20-18(8-4-5-13-23(19)20)17-11-14-24-15-12-17/h1-3,6-7,17-18H,4-5,8-15H2. The highest BCUT2D eigenvalue weighted by atomic mass is 16.5. The van der Waals surface area contributed by atoms with Gasteiger partial charge in [-0.05, 0) is 43.6 Å². The lowest BCUT2D eigenvalue weighted by molar-refractivity contribution is 0.0556. The van der Waals surface area contributed by atoms with E-state index in [2.05, 4.69) is 45.1 Å². The fourth-order valence-electron chi connectivity index (χ4n) is 4.28. The van der Waals surface area contributed by atoms with Crippen molar-refractivity contribution in [2.45, 2.75) is 57.4 Å². The molecular weight excluding hydrogens is 298 g/mol. The Kier molecular flexibility index (Phi) is 4.93. The molecule has 1 unspecified atom stereocenters. The second-order valence-electron chi connectivity index (χ2n) is 7.16. The molecule has 3 heterocycles. The van der Waals surface area contributed by atoms with Crippen molar-refractivity contribution in [3.63, 3.8) is 0 Å². The molecule has 4 rings (SSSR count). The zero-order valence-electron chi connectivity index (χ0n) is 14.4. The summed E-state index contributed by atoms with van der Waals surface area (Å²) >= 11 is 0. The van der Waals surface area contributed by atoms with Gasteiger partial charge < -0.3 is 9.30 Å². The molecule has 1 atom stereocenters. The fraction of sp³-hybridized carbons (Fsp3) is 0.600. The van der Waals surface area contributed by atoms with Gasteiger partial charge in [-0.2, -0.15) is 0 Å². The molecule has 2 aliphatic heterocycles. The Morgan fingerprint density at radius 2 is 1.79 bits per heavy atom. The SMILES string of the molecule is c1ccc(CCc2nnc3n2CCCCC3C2CCOCC2)cc1. The maximum absolute atomic E-state index is 5.56. The molecule has 0 bridgehead atoms. The Hall–Kier alpha value is -1.68. The van der Waals surface area contributed by atoms with E-state index in [1.807, 2.05) is 0 Å². The number of benzene rings is 1. The molecule has 0 aliphatic carbocycles. The molecular formula is C20H27N3O. The van der Waals surface area contributed by atoms with Crippen molar-refractivity contribution in [3.05, 3.63) is 47.5 Å². The first-order chi connectivity index (χ1) is 11.9. The monoisotopic (exact) mass is 325 g/mol. The molecule has 0 saturated carbocycles. The van der Waals surface area contributed by atoms with Gasteiger partial charge in [-0.25, -0.2) is 0 Å². The Labute approximate surface area is 144 Å². The van der Waals surface area contributed by atoms with Crippen LogP contribution in [0.15, 0.2) is 30.3 Å². The first-order valence-corrected chi connectivity index (χ1v) is 9.45. The molecule has 0 spiro atoms. The zero-order valence-corrected chi connectivity index (χ0v) is 14.4. The summed E-state index contributed by atoms with van der Waals surface area (Å²) in [5.41, 5.74) is 1.38. The van der Waals surface area contributed by atoms with Crippen LogP contribution in [-0.2, 0) is 24.1 Å². The smallest absolute Gasteiger partial charge is 0.136 e. The van der Waals surface area contributed by atoms with Crippen LogP contribution >= 0.6 is 0 Å². The highest BCUT2D eigenvalue weighted by Gasteiger charge is 2.31. The van der Waals surface area contributed by atoms with Crippen molar-refractivity contribution in [1.29, 1.82) is 0 Å². The van der Waals surface area contributed by atoms with E-state index < -0.39 is 0 Å². The summed E-state index contributed by atoms with van der Waals surface area (Å²) in [7, 11) is 0. The summed E-state index contributed by atoms with van der Waals surface area (Å²) in [4.78, 5) is 0. The molecule has 1 saturated heterocycles. The van der Waals surface area contributed by atoms with Crippen molar-refractivity contribution < 1.29 is 4.74 Å². The van der Waals surface area contributed by atoms with Crippen molar-refractivity contribution in [2.75, 3.05) is 13.2 Å². The highest BCUT2D eigenvalue weighted by Crippen LogP contribution is 2.37. The van der Waals surface area contributed by atoms with E-state index in [-0.39, 0.29) is 0 Å². The summed E-state index contributed by atoms with van der Waals surface area (Å²) < 4.78 is 8.00. The first kappa shape index (κ1) is 15.8. The summed E-state index contributed by atoms with van der Waals surface area (Å²) in [6.45, 7) is 2.92. The van der Waals surface area contributed by atoms with Gasteiger partial charge in [0.25, 0.3) is 0 Å². The minimum Gasteiger partial charge on any atom is -0.381 e. The summed E-state index contributed by atoms with van der Waals surface area (Å²) in [5.74, 6) is 3.73. The maximum Gasteiger partial charge on any atom is 0.136 e. The highest BCUT2D eigenvalue weighted by molar-refractivity contribution is 5.16. The quantitative estimate of drug-likeness (QED) is 0.859. The fourth-order valence-corrected chi connectivity index (χ4v) is 4.28. The molecule has 128 valence electrons. The minimum absolute atomic E-state index is 0.578. The lowest BCUT2D eigenvalue weighted by Crippen LogP contribution is -2.24. The number of rotatable bonds is 4. The van der Waals surface area contributed by atoms with Crippen LogP contribution in [0.5, 0.6) is 0 Å². The van der Waals surface area contributed by atoms with Crippen molar-refractivity contribution in [1.82, 2.24) is 14.8 Å². The molecule has 0 radical (unpaired) electrons. The topological polar surface area (TPSA) is 39.9 Å². The summed E-state index contributed by atoms with van der Waals surface area (Å²) in [6, 6.07) is 10.7. The molecule has 4 heteroatoms. The van der Waals surface area contributed by atoms with Gasteiger partial charge in [-0.15, -0.1) is 10.2 Å². The van der Waals surface area contributed by atoms with Gasteiger partial charge in [-0.3, -0.25) is 0 Å². The van der Waals surface area contributed by atoms with Crippen LogP contribution in [0.4, 0.5) is 0 Å². The van der Waals surface area contributed by atoms with E-state index in [9.17, 15) is 0 Å². The van der Waals surface area contributed by atoms with Gasteiger partial charge in [0.15, 0.2) is 0 Å². The van der Waals surface area contributed by atoms with Crippen molar-refractivity contribution >= 4 is 0 Å². The average Bonchev–Trinajstić information content (AvgIpc) is 2.92. The molecule has 24 heavy (non-hydrogen) atoms. The number of nitrogens with zero attached hydrogens (tertiary/aromatic N) is 3. The third-order valence-corrected chi connectivity index (χ3v) is 5.65. The van der Waals surface area contributed by atoms with Gasteiger partial charge in [0.1, 0.15) is 11.6 Å². The van der Waals surface area contributed by atoms with E-state index in [0.29, 0.717) is 5.92 Å². The number of hydrogen-bond acceptors (Lipinski definition) is 3. The third-order valence-electron chi connectivity index (χ3n) is 5.65. The van der Waals surface area contributed by atoms with E-state index in [4.69, 9.17) is 4.74 Å². The van der Waals surface area contributed by atoms with Gasteiger partial charge >= 0.3 is 0 Å². The minimum atomic E-state index is 0.578. The van der Waals surface area contributed by atoms with Gasteiger partial charge in [0.2, 0.25) is 0 Å². The number of aryl methyl sites for hydroxylation is 2. The summed E-state index contributed by atoms with van der Waals surface area (Å²) in [5, 5.41) is 9.24. The van der Waals surface area contributed by atoms with Crippen LogP contribution in [-0.4, -0.2) is 28.0 Å². The van der Waals surface area contributed by atoms with Crippen LogP contribution in [0.25, 0.3) is 0 Å². The molecule has 1 aromatic heterocycles. The Balaban J connectivity index is 1.52. The number of aromatic nitrogens is 3. The summed E-state index contributed by atoms with van der Waals surface area (Å²) in [6.07, 6.45) is 8.21. The van der Waals surface area contributed by atoms with Gasteiger partial charge in [0, 0.05) is 32.1 Å². The van der Waals surface area contributed by atoms with Crippen LogP contribution in [0.2, 0.25) is 0 Å². The number of ether oxygens (including phenoxy) is 1. The van der Waals surface area contributed by atoms with Crippen molar-refractivity contribution in [3.8, 4) is 0 Å². The molecule has 4 nitrogen and oxygen atoms in total. The van der Waals surface area contributed by atoms with Crippen LogP contribution in [0, 0.1) is 5.92 Å². The number of hydrogen-bond donors (Lipinski definition) is 0. The van der Waals surface area contributed by atoms with E-state index in [1.165, 1.54) is 49.3 Å². The normalized spacial score (nSPS) is 22.1. The second kappa shape index (κ2) is 7.47. The lowest BCUT2D eigenvalue weighted by atomic mass is 9.82. The van der Waals surface area contributed by atoms with Crippen LogP contribution < -0.4 is 0 Å². The Bertz CT molecular complexity index is 646. The van der Waals surface area contributed by atoms with Gasteiger partial charge in [-0.1, -0.05) is 36.8 Å². The van der Waals surface area contributed by atoms with E-state index in [0.717, 1.165) is 38.5 Å². The maximum atomic E-state index is 5.56. The van der Waals surface area contributed by atoms with Crippen molar-refractivity contribution in [2.24, 2.45) is 5.92 Å². The van der Waals surface area contributed by atoms with E-state index >= 15 is 0 Å². The van der Waals surface area contributed by atoms with E-state index in [1.54, 1.807) is 0 Å². The van der Waals surface area contributed by atoms with Gasteiger partial charge in [0.05, 0.1) is 0 Å². The lowest BCUT2D eigenvalue weighted by Gasteiger charge is -2.29. The van der Waals surface area contributed by atoms with Crippen LogP contribution in [0.1, 0.15) is 55.2 Å². The third kappa shape index (κ3) is 3.39. The molecule has 0 amide bonds.